The first-order chi connectivity index (χ1) is 12.6. The summed E-state index contributed by atoms with van der Waals surface area (Å²) in [4.78, 5) is 14.5. The summed E-state index contributed by atoms with van der Waals surface area (Å²) in [6.07, 6.45) is 1.85. The maximum atomic E-state index is 12.3. The fraction of sp³-hybridized carbons (Fsp3) is 0.375. The Morgan fingerprint density at radius 1 is 1.31 bits per heavy atom. The zero-order valence-corrected chi connectivity index (χ0v) is 16.3. The summed E-state index contributed by atoms with van der Waals surface area (Å²) in [5.74, 6) is 1.56. The van der Waals surface area contributed by atoms with Gasteiger partial charge in [-0.05, 0) is 20.2 Å². The van der Waals surface area contributed by atoms with E-state index < -0.39 is 0 Å². The number of rotatable bonds is 9. The molecule has 0 fully saturated rings. The highest BCUT2D eigenvalue weighted by molar-refractivity contribution is 8.76. The number of nitrogens with zero attached hydrogens (tertiary/aromatic N) is 5. The van der Waals surface area contributed by atoms with Crippen LogP contribution in [-0.4, -0.2) is 62.4 Å². The van der Waals surface area contributed by atoms with Crippen molar-refractivity contribution in [3.05, 3.63) is 41.9 Å². The SMILES string of the molecule is CN(C)CCSSCn1cc(CNC(=O)c2n[nH]c3ccccc23)nn1. The molecule has 2 heterocycles. The van der Waals surface area contributed by atoms with Crippen molar-refractivity contribution < 1.29 is 4.79 Å². The first kappa shape index (κ1) is 18.7. The minimum Gasteiger partial charge on any atom is -0.345 e. The minimum absolute atomic E-state index is 0.231. The third kappa shape index (κ3) is 4.99. The van der Waals surface area contributed by atoms with Gasteiger partial charge in [-0.1, -0.05) is 45.0 Å². The molecule has 0 aliphatic heterocycles. The van der Waals surface area contributed by atoms with E-state index in [9.17, 15) is 4.79 Å². The van der Waals surface area contributed by atoms with E-state index in [1.807, 2.05) is 41.3 Å². The van der Waals surface area contributed by atoms with Crippen LogP contribution in [-0.2, 0) is 12.4 Å². The average Bonchev–Trinajstić information content (AvgIpc) is 3.26. The van der Waals surface area contributed by atoms with Gasteiger partial charge in [0.2, 0.25) is 0 Å². The monoisotopic (exact) mass is 391 g/mol. The third-order valence-electron chi connectivity index (χ3n) is 3.59. The molecule has 0 saturated carbocycles. The van der Waals surface area contributed by atoms with Crippen LogP contribution in [0.2, 0.25) is 0 Å². The summed E-state index contributed by atoms with van der Waals surface area (Å²) >= 11 is 0. The van der Waals surface area contributed by atoms with Crippen LogP contribution in [0.5, 0.6) is 0 Å². The molecule has 0 atom stereocenters. The normalized spacial score (nSPS) is 11.3. The van der Waals surface area contributed by atoms with Crippen LogP contribution in [0.1, 0.15) is 16.2 Å². The quantitative estimate of drug-likeness (QED) is 0.426. The van der Waals surface area contributed by atoms with E-state index in [0.29, 0.717) is 12.2 Å². The van der Waals surface area contributed by atoms with Crippen molar-refractivity contribution in [3.63, 3.8) is 0 Å². The van der Waals surface area contributed by atoms with E-state index in [4.69, 9.17) is 0 Å². The highest BCUT2D eigenvalue weighted by Gasteiger charge is 2.14. The molecule has 0 radical (unpaired) electrons. The second kappa shape index (κ2) is 9.06. The number of para-hydroxylation sites is 1. The van der Waals surface area contributed by atoms with Crippen LogP contribution in [0.25, 0.3) is 10.9 Å². The van der Waals surface area contributed by atoms with Gasteiger partial charge in [-0.15, -0.1) is 5.10 Å². The molecular formula is C16H21N7OS2. The van der Waals surface area contributed by atoms with Gasteiger partial charge in [-0.2, -0.15) is 5.10 Å². The Hall–Kier alpha value is -2.04. The van der Waals surface area contributed by atoms with E-state index in [1.165, 1.54) is 0 Å². The summed E-state index contributed by atoms with van der Waals surface area (Å²) in [6.45, 7) is 1.37. The van der Waals surface area contributed by atoms with Crippen LogP contribution < -0.4 is 5.32 Å². The molecule has 0 bridgehead atoms. The summed E-state index contributed by atoms with van der Waals surface area (Å²) in [5.41, 5.74) is 1.95. The van der Waals surface area contributed by atoms with Crippen molar-refractivity contribution in [3.8, 4) is 0 Å². The lowest BCUT2D eigenvalue weighted by Gasteiger charge is -2.07. The molecule has 10 heteroatoms. The van der Waals surface area contributed by atoms with E-state index in [0.717, 1.165) is 34.8 Å². The summed E-state index contributed by atoms with van der Waals surface area (Å²) in [6, 6.07) is 7.54. The molecule has 138 valence electrons. The van der Waals surface area contributed by atoms with E-state index in [-0.39, 0.29) is 5.91 Å². The number of nitrogens with one attached hydrogen (secondary N) is 2. The van der Waals surface area contributed by atoms with E-state index in [2.05, 4.69) is 44.8 Å². The maximum Gasteiger partial charge on any atom is 0.272 e. The smallest absolute Gasteiger partial charge is 0.272 e. The Morgan fingerprint density at radius 3 is 3.00 bits per heavy atom. The molecule has 0 unspecified atom stereocenters. The zero-order valence-electron chi connectivity index (χ0n) is 14.7. The van der Waals surface area contributed by atoms with Gasteiger partial charge in [0.25, 0.3) is 5.91 Å². The number of hydrogen-bond donors (Lipinski definition) is 2. The molecule has 0 aliphatic rings. The topological polar surface area (TPSA) is 91.7 Å². The van der Waals surface area contributed by atoms with Crippen LogP contribution in [0, 0.1) is 0 Å². The molecule has 1 amide bonds. The molecule has 2 N–H and O–H groups in total. The van der Waals surface area contributed by atoms with Crippen molar-refractivity contribution in [2.24, 2.45) is 0 Å². The molecular weight excluding hydrogens is 370 g/mol. The average molecular weight is 392 g/mol. The summed E-state index contributed by atoms with van der Waals surface area (Å²) in [7, 11) is 7.67. The first-order valence-electron chi connectivity index (χ1n) is 8.13. The van der Waals surface area contributed by atoms with Crippen LogP contribution in [0.3, 0.4) is 0 Å². The molecule has 1 aromatic carbocycles. The zero-order chi connectivity index (χ0) is 18.4. The van der Waals surface area contributed by atoms with Gasteiger partial charge < -0.3 is 10.2 Å². The standard InChI is InChI=1S/C16H21N7OS2/c1-22(2)7-8-25-26-11-23-10-12(18-21-23)9-17-16(24)15-13-5-3-4-6-14(13)19-20-15/h3-6,10H,7-9,11H2,1-2H3,(H,17,24)(H,19,20). The maximum absolute atomic E-state index is 12.3. The third-order valence-corrected chi connectivity index (χ3v) is 5.79. The Labute approximate surface area is 159 Å². The fourth-order valence-corrected chi connectivity index (χ4v) is 4.23. The summed E-state index contributed by atoms with van der Waals surface area (Å²) in [5, 5.41) is 18.8. The molecule has 0 aliphatic carbocycles. The van der Waals surface area contributed by atoms with E-state index in [1.54, 1.807) is 15.5 Å². The Morgan fingerprint density at radius 2 is 2.15 bits per heavy atom. The Bertz CT molecular complexity index is 861. The number of hydrogen-bond acceptors (Lipinski definition) is 7. The molecule has 3 rings (SSSR count). The highest BCUT2D eigenvalue weighted by atomic mass is 33.1. The second-order valence-electron chi connectivity index (χ2n) is 5.92. The largest absolute Gasteiger partial charge is 0.345 e. The van der Waals surface area contributed by atoms with Gasteiger partial charge in [0.05, 0.1) is 24.1 Å². The number of aromatic nitrogens is 5. The van der Waals surface area contributed by atoms with Crippen molar-refractivity contribution in [2.75, 3.05) is 26.4 Å². The van der Waals surface area contributed by atoms with Gasteiger partial charge in [0.15, 0.2) is 5.69 Å². The lowest BCUT2D eigenvalue weighted by atomic mass is 10.2. The van der Waals surface area contributed by atoms with Crippen LogP contribution in [0.4, 0.5) is 0 Å². The fourth-order valence-electron chi connectivity index (χ4n) is 2.24. The molecule has 8 nitrogen and oxygen atoms in total. The highest BCUT2D eigenvalue weighted by Crippen LogP contribution is 2.22. The van der Waals surface area contributed by atoms with Gasteiger partial charge >= 0.3 is 0 Å². The number of carbonyl (C=O) groups excluding carboxylic acids is 1. The number of fused-ring (bicyclic) bond motifs is 1. The summed E-state index contributed by atoms with van der Waals surface area (Å²) < 4.78 is 1.78. The van der Waals surface area contributed by atoms with Crippen LogP contribution in [0.15, 0.2) is 30.5 Å². The number of benzene rings is 1. The predicted octanol–water partition coefficient (Wildman–Crippen LogP) is 1.98. The Kier molecular flexibility index (Phi) is 6.53. The number of carbonyl (C=O) groups is 1. The van der Waals surface area contributed by atoms with Crippen molar-refractivity contribution in [1.29, 1.82) is 0 Å². The number of aromatic amines is 1. The second-order valence-corrected chi connectivity index (χ2v) is 8.47. The van der Waals surface area contributed by atoms with Gasteiger partial charge in [0, 0.05) is 17.7 Å². The molecule has 2 aromatic heterocycles. The molecule has 26 heavy (non-hydrogen) atoms. The van der Waals surface area contributed by atoms with Gasteiger partial charge in [-0.3, -0.25) is 9.89 Å². The van der Waals surface area contributed by atoms with E-state index >= 15 is 0 Å². The Balaban J connectivity index is 1.46. The number of H-pyrrole nitrogens is 1. The lowest BCUT2D eigenvalue weighted by Crippen LogP contribution is -2.23. The predicted molar refractivity (Wildman–Crippen MR) is 106 cm³/mol. The molecule has 0 saturated heterocycles. The van der Waals surface area contributed by atoms with Crippen molar-refractivity contribution in [2.45, 2.75) is 12.4 Å². The molecule has 0 spiro atoms. The van der Waals surface area contributed by atoms with Gasteiger partial charge in [-0.25, -0.2) is 4.68 Å². The number of amides is 1. The lowest BCUT2D eigenvalue weighted by molar-refractivity contribution is 0.0947. The van der Waals surface area contributed by atoms with Gasteiger partial charge in [0.1, 0.15) is 5.69 Å². The van der Waals surface area contributed by atoms with Crippen molar-refractivity contribution in [1.82, 2.24) is 35.4 Å². The minimum atomic E-state index is -0.231. The molecule has 3 aromatic rings. The van der Waals surface area contributed by atoms with Crippen LogP contribution >= 0.6 is 21.6 Å². The first-order valence-corrected chi connectivity index (χ1v) is 10.6. The van der Waals surface area contributed by atoms with Crippen molar-refractivity contribution >= 4 is 38.4 Å².